The third-order valence-corrected chi connectivity index (χ3v) is 3.51. The molecule has 22 heavy (non-hydrogen) atoms. The summed E-state index contributed by atoms with van der Waals surface area (Å²) >= 11 is 0. The van der Waals surface area contributed by atoms with Crippen LogP contribution in [0.15, 0.2) is 35.3 Å². The maximum atomic E-state index is 5.68. The second kappa shape index (κ2) is 6.10. The van der Waals surface area contributed by atoms with Crippen LogP contribution in [0.5, 0.6) is 17.2 Å². The highest BCUT2D eigenvalue weighted by Crippen LogP contribution is 2.37. The molecule has 1 aliphatic rings. The monoisotopic (exact) mass is 297 g/mol. The molecule has 4 nitrogen and oxygen atoms in total. The van der Waals surface area contributed by atoms with Crippen molar-refractivity contribution in [3.63, 3.8) is 0 Å². The Bertz CT molecular complexity index is 723. The van der Waals surface area contributed by atoms with Gasteiger partial charge in [-0.2, -0.15) is 0 Å². The first-order valence-corrected chi connectivity index (χ1v) is 7.35. The van der Waals surface area contributed by atoms with Crippen LogP contribution in [-0.4, -0.2) is 19.6 Å². The molecule has 0 radical (unpaired) electrons. The predicted octanol–water partition coefficient (Wildman–Crippen LogP) is 4.18. The summed E-state index contributed by atoms with van der Waals surface area (Å²) < 4.78 is 16.5. The van der Waals surface area contributed by atoms with Gasteiger partial charge in [-0.05, 0) is 44.0 Å². The smallest absolute Gasteiger partial charge is 0.231 e. The maximum Gasteiger partial charge on any atom is 0.231 e. The van der Waals surface area contributed by atoms with Crippen LogP contribution in [0.2, 0.25) is 0 Å². The van der Waals surface area contributed by atoms with Gasteiger partial charge in [0.1, 0.15) is 5.75 Å². The van der Waals surface area contributed by atoms with Gasteiger partial charge in [0.05, 0.1) is 12.3 Å². The highest BCUT2D eigenvalue weighted by Gasteiger charge is 2.17. The molecule has 4 heteroatoms. The highest BCUT2D eigenvalue weighted by molar-refractivity contribution is 5.87. The first-order valence-electron chi connectivity index (χ1n) is 7.35. The SMILES string of the molecule is CCOc1cc2c(cc1C=Nc1cc(C)ccc1C)OCO2. The van der Waals surface area contributed by atoms with E-state index in [1.807, 2.05) is 25.3 Å². The van der Waals surface area contributed by atoms with Crippen LogP contribution in [0, 0.1) is 13.8 Å². The van der Waals surface area contributed by atoms with E-state index in [9.17, 15) is 0 Å². The van der Waals surface area contributed by atoms with E-state index in [0.29, 0.717) is 12.4 Å². The topological polar surface area (TPSA) is 40.0 Å². The molecule has 0 unspecified atom stereocenters. The van der Waals surface area contributed by atoms with Crippen LogP contribution < -0.4 is 14.2 Å². The summed E-state index contributed by atoms with van der Waals surface area (Å²) in [7, 11) is 0. The first kappa shape index (κ1) is 14.4. The molecule has 0 N–H and O–H groups in total. The molecule has 114 valence electrons. The predicted molar refractivity (Wildman–Crippen MR) is 86.9 cm³/mol. The lowest BCUT2D eigenvalue weighted by atomic mass is 10.1. The van der Waals surface area contributed by atoms with Crippen LogP contribution in [0.3, 0.4) is 0 Å². The van der Waals surface area contributed by atoms with E-state index in [0.717, 1.165) is 28.3 Å². The molecule has 0 saturated heterocycles. The van der Waals surface area contributed by atoms with E-state index >= 15 is 0 Å². The second-order valence-corrected chi connectivity index (χ2v) is 5.22. The molecule has 0 saturated carbocycles. The Kier molecular flexibility index (Phi) is 4.00. The summed E-state index contributed by atoms with van der Waals surface area (Å²) in [5, 5.41) is 0. The lowest BCUT2D eigenvalue weighted by Crippen LogP contribution is -1.96. The van der Waals surface area contributed by atoms with Crippen LogP contribution in [-0.2, 0) is 0 Å². The van der Waals surface area contributed by atoms with E-state index in [-0.39, 0.29) is 6.79 Å². The molecule has 3 rings (SSSR count). The van der Waals surface area contributed by atoms with Crippen LogP contribution in [0.25, 0.3) is 0 Å². The summed E-state index contributed by atoms with van der Waals surface area (Å²) in [6.07, 6.45) is 1.81. The number of hydrogen-bond acceptors (Lipinski definition) is 4. The van der Waals surface area contributed by atoms with Gasteiger partial charge in [0.25, 0.3) is 0 Å². The van der Waals surface area contributed by atoms with Crippen molar-refractivity contribution in [2.75, 3.05) is 13.4 Å². The van der Waals surface area contributed by atoms with Crippen molar-refractivity contribution in [2.45, 2.75) is 20.8 Å². The van der Waals surface area contributed by atoms with Gasteiger partial charge in [-0.15, -0.1) is 0 Å². The summed E-state index contributed by atoms with van der Waals surface area (Å²) in [5.74, 6) is 2.19. The third kappa shape index (κ3) is 2.91. The molecule has 2 aromatic rings. The molecular formula is C18H19NO3. The van der Waals surface area contributed by atoms with Crippen LogP contribution in [0.1, 0.15) is 23.6 Å². The van der Waals surface area contributed by atoms with E-state index in [1.165, 1.54) is 5.56 Å². The molecular weight excluding hydrogens is 278 g/mol. The Balaban J connectivity index is 1.97. The van der Waals surface area contributed by atoms with E-state index < -0.39 is 0 Å². The minimum absolute atomic E-state index is 0.248. The maximum absolute atomic E-state index is 5.68. The first-order chi connectivity index (χ1) is 10.7. The van der Waals surface area contributed by atoms with E-state index in [1.54, 1.807) is 0 Å². The average Bonchev–Trinajstić information content (AvgIpc) is 2.95. The number of aliphatic imine (C=N–C) groups is 1. The minimum atomic E-state index is 0.248. The fourth-order valence-corrected chi connectivity index (χ4v) is 2.32. The van der Waals surface area contributed by atoms with Gasteiger partial charge in [-0.25, -0.2) is 0 Å². The molecule has 0 atom stereocenters. The van der Waals surface area contributed by atoms with Crippen molar-refractivity contribution in [1.29, 1.82) is 0 Å². The molecule has 0 aromatic heterocycles. The Morgan fingerprint density at radius 1 is 1.14 bits per heavy atom. The van der Waals surface area contributed by atoms with Gasteiger partial charge in [-0.1, -0.05) is 12.1 Å². The summed E-state index contributed by atoms with van der Waals surface area (Å²) in [4.78, 5) is 4.60. The third-order valence-electron chi connectivity index (χ3n) is 3.51. The number of hydrogen-bond donors (Lipinski definition) is 0. The van der Waals surface area contributed by atoms with Gasteiger partial charge < -0.3 is 14.2 Å². The van der Waals surface area contributed by atoms with Crippen LogP contribution >= 0.6 is 0 Å². The lowest BCUT2D eigenvalue weighted by Gasteiger charge is -2.08. The standard InChI is InChI=1S/C18H19NO3/c1-4-20-16-9-18-17(21-11-22-18)8-14(16)10-19-15-7-12(2)5-6-13(15)3/h5-10H,4,11H2,1-3H3. The normalized spacial score (nSPS) is 12.9. The van der Waals surface area contributed by atoms with E-state index in [2.05, 4.69) is 37.0 Å². The minimum Gasteiger partial charge on any atom is -0.493 e. The van der Waals surface area contributed by atoms with Gasteiger partial charge in [0, 0.05) is 17.8 Å². The molecule has 1 aliphatic heterocycles. The number of ether oxygens (including phenoxy) is 3. The highest BCUT2D eigenvalue weighted by atomic mass is 16.7. The van der Waals surface area contributed by atoms with Gasteiger partial charge >= 0.3 is 0 Å². The Morgan fingerprint density at radius 3 is 2.68 bits per heavy atom. The Morgan fingerprint density at radius 2 is 1.91 bits per heavy atom. The van der Waals surface area contributed by atoms with Crippen molar-refractivity contribution in [2.24, 2.45) is 4.99 Å². The molecule has 0 amide bonds. The number of benzene rings is 2. The molecule has 0 aliphatic carbocycles. The number of rotatable bonds is 4. The quantitative estimate of drug-likeness (QED) is 0.795. The molecule has 1 heterocycles. The van der Waals surface area contributed by atoms with Crippen molar-refractivity contribution >= 4 is 11.9 Å². The fourth-order valence-electron chi connectivity index (χ4n) is 2.32. The summed E-state index contributed by atoms with van der Waals surface area (Å²) in [6.45, 7) is 6.90. The van der Waals surface area contributed by atoms with E-state index in [4.69, 9.17) is 14.2 Å². The molecule has 0 fully saturated rings. The van der Waals surface area contributed by atoms with Crippen molar-refractivity contribution < 1.29 is 14.2 Å². The van der Waals surface area contributed by atoms with Crippen molar-refractivity contribution in [1.82, 2.24) is 0 Å². The van der Waals surface area contributed by atoms with Gasteiger partial charge in [-0.3, -0.25) is 4.99 Å². The molecule has 0 spiro atoms. The Hall–Kier alpha value is -2.49. The molecule has 2 aromatic carbocycles. The zero-order valence-corrected chi connectivity index (χ0v) is 13.1. The largest absolute Gasteiger partial charge is 0.493 e. The number of nitrogens with zero attached hydrogens (tertiary/aromatic N) is 1. The zero-order valence-electron chi connectivity index (χ0n) is 13.1. The second-order valence-electron chi connectivity index (χ2n) is 5.22. The lowest BCUT2D eigenvalue weighted by molar-refractivity contribution is 0.174. The van der Waals surface area contributed by atoms with Crippen molar-refractivity contribution in [3.8, 4) is 17.2 Å². The number of fused-ring (bicyclic) bond motifs is 1. The summed E-state index contributed by atoms with van der Waals surface area (Å²) in [5.41, 5.74) is 4.17. The molecule has 0 bridgehead atoms. The number of aryl methyl sites for hydroxylation is 2. The summed E-state index contributed by atoms with van der Waals surface area (Å²) in [6, 6.07) is 9.99. The van der Waals surface area contributed by atoms with Gasteiger partial charge in [0.2, 0.25) is 6.79 Å². The van der Waals surface area contributed by atoms with Crippen LogP contribution in [0.4, 0.5) is 5.69 Å². The Labute approximate surface area is 130 Å². The van der Waals surface area contributed by atoms with Crippen molar-refractivity contribution in [3.05, 3.63) is 47.0 Å². The zero-order chi connectivity index (χ0) is 15.5. The average molecular weight is 297 g/mol. The van der Waals surface area contributed by atoms with Gasteiger partial charge in [0.15, 0.2) is 11.5 Å². The fraction of sp³-hybridized carbons (Fsp3) is 0.278.